The molecule has 4 amide bonds. The van der Waals surface area contributed by atoms with Gasteiger partial charge in [0.1, 0.15) is 6.04 Å². The van der Waals surface area contributed by atoms with Crippen LogP contribution in [0.2, 0.25) is 0 Å². The van der Waals surface area contributed by atoms with E-state index in [1.54, 1.807) is 0 Å². The highest BCUT2D eigenvalue weighted by molar-refractivity contribution is 6.39. The molecule has 8 heteroatoms. The predicted molar refractivity (Wildman–Crippen MR) is 99.3 cm³/mol. The number of carbonyl (C=O) groups excluding carboxylic acids is 5. The van der Waals surface area contributed by atoms with Crippen molar-refractivity contribution in [2.75, 3.05) is 0 Å². The number of ketones is 1. The van der Waals surface area contributed by atoms with Gasteiger partial charge in [0.25, 0.3) is 0 Å². The van der Waals surface area contributed by atoms with Crippen molar-refractivity contribution < 1.29 is 24.0 Å². The van der Waals surface area contributed by atoms with Gasteiger partial charge in [-0.25, -0.2) is 0 Å². The first kappa shape index (κ1) is 20.5. The first-order valence-electron chi connectivity index (χ1n) is 10.5. The molecule has 3 fully saturated rings. The molecule has 0 aromatic carbocycles. The minimum absolute atomic E-state index is 0.0256. The molecule has 1 saturated heterocycles. The number of rotatable bonds is 6. The first-order chi connectivity index (χ1) is 13.5. The van der Waals surface area contributed by atoms with E-state index in [1.165, 1.54) is 0 Å². The Labute approximate surface area is 164 Å². The Morgan fingerprint density at radius 2 is 1.36 bits per heavy atom. The zero-order valence-corrected chi connectivity index (χ0v) is 16.2. The summed E-state index contributed by atoms with van der Waals surface area (Å²) in [6.07, 6.45) is 9.32. The van der Waals surface area contributed by atoms with Gasteiger partial charge in [0, 0.05) is 18.8 Å². The lowest BCUT2D eigenvalue weighted by atomic mass is 9.81. The molecule has 2 N–H and O–H groups in total. The van der Waals surface area contributed by atoms with Crippen molar-refractivity contribution in [1.29, 1.82) is 0 Å². The molecule has 1 atom stereocenters. The SMILES string of the molecule is O=C(NN1C(=O)CCC1=O)C(=O)C(NC(=O)C1CCCCC1)C1CCCCC1. The Kier molecular flexibility index (Phi) is 6.80. The normalized spacial score (nSPS) is 22.8. The highest BCUT2D eigenvalue weighted by Gasteiger charge is 2.38. The van der Waals surface area contributed by atoms with Crippen LogP contribution in [0.4, 0.5) is 0 Å². The smallest absolute Gasteiger partial charge is 0.308 e. The summed E-state index contributed by atoms with van der Waals surface area (Å²) in [4.78, 5) is 61.5. The summed E-state index contributed by atoms with van der Waals surface area (Å²) in [7, 11) is 0. The van der Waals surface area contributed by atoms with Crippen molar-refractivity contribution in [1.82, 2.24) is 15.8 Å². The van der Waals surface area contributed by atoms with Crippen LogP contribution in [0.5, 0.6) is 0 Å². The highest BCUT2D eigenvalue weighted by atomic mass is 16.2. The van der Waals surface area contributed by atoms with Crippen molar-refractivity contribution in [2.24, 2.45) is 11.8 Å². The fourth-order valence-electron chi connectivity index (χ4n) is 4.50. The molecule has 1 aliphatic heterocycles. The molecule has 0 bridgehead atoms. The van der Waals surface area contributed by atoms with Crippen LogP contribution < -0.4 is 10.7 Å². The Morgan fingerprint density at radius 3 is 1.93 bits per heavy atom. The largest absolute Gasteiger partial charge is 0.345 e. The molecule has 1 heterocycles. The van der Waals surface area contributed by atoms with Gasteiger partial charge in [-0.2, -0.15) is 5.01 Å². The number of imide groups is 1. The highest BCUT2D eigenvalue weighted by Crippen LogP contribution is 2.29. The summed E-state index contributed by atoms with van der Waals surface area (Å²) >= 11 is 0. The minimum atomic E-state index is -1.01. The second-order valence-corrected chi connectivity index (χ2v) is 8.15. The van der Waals surface area contributed by atoms with E-state index in [9.17, 15) is 24.0 Å². The average molecular weight is 391 g/mol. The number of amides is 4. The molecule has 8 nitrogen and oxygen atoms in total. The maximum atomic E-state index is 12.9. The van der Waals surface area contributed by atoms with Gasteiger partial charge in [0.15, 0.2) is 0 Å². The zero-order chi connectivity index (χ0) is 20.1. The van der Waals surface area contributed by atoms with E-state index >= 15 is 0 Å². The van der Waals surface area contributed by atoms with Crippen LogP contribution >= 0.6 is 0 Å². The third-order valence-electron chi connectivity index (χ3n) is 6.17. The molecule has 3 aliphatic rings. The van der Waals surface area contributed by atoms with Crippen LogP contribution in [0.3, 0.4) is 0 Å². The quantitative estimate of drug-likeness (QED) is 0.525. The van der Waals surface area contributed by atoms with E-state index in [-0.39, 0.29) is 30.6 Å². The van der Waals surface area contributed by atoms with Gasteiger partial charge in [-0.05, 0) is 31.6 Å². The Bertz CT molecular complexity index is 634. The van der Waals surface area contributed by atoms with Crippen LogP contribution in [0, 0.1) is 11.8 Å². The maximum Gasteiger partial charge on any atom is 0.308 e. The van der Waals surface area contributed by atoms with Crippen LogP contribution in [0.25, 0.3) is 0 Å². The van der Waals surface area contributed by atoms with E-state index in [0.29, 0.717) is 5.01 Å². The molecule has 2 saturated carbocycles. The number of nitrogens with one attached hydrogen (secondary N) is 2. The summed E-state index contributed by atoms with van der Waals surface area (Å²) in [5, 5.41) is 3.47. The van der Waals surface area contributed by atoms with E-state index in [2.05, 4.69) is 10.7 Å². The fraction of sp³-hybridized carbons (Fsp3) is 0.750. The monoisotopic (exact) mass is 391 g/mol. The van der Waals surface area contributed by atoms with Crippen LogP contribution in [0.1, 0.15) is 77.0 Å². The number of hydrazine groups is 1. The van der Waals surface area contributed by atoms with Crippen molar-refractivity contribution in [2.45, 2.75) is 83.1 Å². The maximum absolute atomic E-state index is 12.9. The molecule has 1 unspecified atom stereocenters. The summed E-state index contributed by atoms with van der Waals surface area (Å²) < 4.78 is 0. The topological polar surface area (TPSA) is 113 Å². The number of hydrogen-bond acceptors (Lipinski definition) is 5. The molecule has 0 radical (unpaired) electrons. The number of Topliss-reactive ketones (excluding diaryl/α,β-unsaturated/α-hetero) is 1. The molecular formula is C20H29N3O5. The van der Waals surface area contributed by atoms with E-state index < -0.39 is 29.5 Å². The fourth-order valence-corrected chi connectivity index (χ4v) is 4.50. The standard InChI is InChI=1S/C20H29N3O5/c24-15-11-12-16(25)23(15)22-20(28)18(26)17(13-7-3-1-4-8-13)21-19(27)14-9-5-2-6-10-14/h13-14,17H,1-12H2,(H,21,27)(H,22,28). The van der Waals surface area contributed by atoms with Crippen molar-refractivity contribution in [3.8, 4) is 0 Å². The lowest BCUT2D eigenvalue weighted by Crippen LogP contribution is -2.56. The lowest BCUT2D eigenvalue weighted by molar-refractivity contribution is -0.152. The first-order valence-corrected chi connectivity index (χ1v) is 10.5. The zero-order valence-electron chi connectivity index (χ0n) is 16.2. The third kappa shape index (κ3) is 4.77. The molecule has 0 aromatic rings. The van der Waals surface area contributed by atoms with E-state index in [1.807, 2.05) is 0 Å². The van der Waals surface area contributed by atoms with E-state index in [4.69, 9.17) is 0 Å². The van der Waals surface area contributed by atoms with Crippen LogP contribution in [-0.4, -0.2) is 40.5 Å². The molecule has 2 aliphatic carbocycles. The molecule has 3 rings (SSSR count). The van der Waals surface area contributed by atoms with Crippen molar-refractivity contribution in [3.63, 3.8) is 0 Å². The summed E-state index contributed by atoms with van der Waals surface area (Å²) in [5.74, 6) is -3.20. The molecule has 0 spiro atoms. The molecule has 0 aromatic heterocycles. The third-order valence-corrected chi connectivity index (χ3v) is 6.17. The summed E-state index contributed by atoms with van der Waals surface area (Å²) in [6, 6.07) is -0.900. The van der Waals surface area contributed by atoms with Crippen molar-refractivity contribution in [3.05, 3.63) is 0 Å². The molecular weight excluding hydrogens is 362 g/mol. The van der Waals surface area contributed by atoms with Gasteiger partial charge in [0.05, 0.1) is 0 Å². The van der Waals surface area contributed by atoms with Gasteiger partial charge in [-0.15, -0.1) is 0 Å². The minimum Gasteiger partial charge on any atom is -0.345 e. The number of hydrogen-bond donors (Lipinski definition) is 2. The van der Waals surface area contributed by atoms with E-state index in [0.717, 1.165) is 64.2 Å². The predicted octanol–water partition coefficient (Wildman–Crippen LogP) is 1.38. The second kappa shape index (κ2) is 9.30. The second-order valence-electron chi connectivity index (χ2n) is 8.15. The lowest BCUT2D eigenvalue weighted by Gasteiger charge is -2.31. The Balaban J connectivity index is 1.68. The summed E-state index contributed by atoms with van der Waals surface area (Å²) in [5.41, 5.74) is 2.15. The Morgan fingerprint density at radius 1 is 0.821 bits per heavy atom. The van der Waals surface area contributed by atoms with Gasteiger partial charge in [-0.3, -0.25) is 29.4 Å². The van der Waals surface area contributed by atoms with Gasteiger partial charge in [-0.1, -0.05) is 38.5 Å². The number of carbonyl (C=O) groups is 5. The molecule has 154 valence electrons. The van der Waals surface area contributed by atoms with Gasteiger partial charge < -0.3 is 5.32 Å². The van der Waals surface area contributed by atoms with Gasteiger partial charge >= 0.3 is 5.91 Å². The number of nitrogens with zero attached hydrogens (tertiary/aromatic N) is 1. The summed E-state index contributed by atoms with van der Waals surface area (Å²) in [6.45, 7) is 0. The van der Waals surface area contributed by atoms with Crippen LogP contribution in [0.15, 0.2) is 0 Å². The van der Waals surface area contributed by atoms with Gasteiger partial charge in [0.2, 0.25) is 23.5 Å². The molecule has 28 heavy (non-hydrogen) atoms. The van der Waals surface area contributed by atoms with Crippen LogP contribution in [-0.2, 0) is 24.0 Å². The van der Waals surface area contributed by atoms with Crippen molar-refractivity contribution >= 4 is 29.4 Å². The Hall–Kier alpha value is -2.25. The average Bonchev–Trinajstić information content (AvgIpc) is 3.04.